The predicted molar refractivity (Wildman–Crippen MR) is 67.1 cm³/mol. The van der Waals surface area contributed by atoms with Gasteiger partial charge in [0.2, 0.25) is 0 Å². The van der Waals surface area contributed by atoms with Crippen molar-refractivity contribution in [3.05, 3.63) is 29.6 Å². The molecular weight excluding hydrogens is 248 g/mol. The molecule has 0 saturated heterocycles. The van der Waals surface area contributed by atoms with Gasteiger partial charge in [-0.3, -0.25) is 4.79 Å². The number of nitrogens with zero attached hydrogens (tertiary/aromatic N) is 1. The van der Waals surface area contributed by atoms with Crippen molar-refractivity contribution in [2.75, 3.05) is 6.61 Å². The largest absolute Gasteiger partial charge is 0.477 e. The quantitative estimate of drug-likeness (QED) is 0.830. The molecular formula is C13H16N2O4. The molecule has 0 aromatic carbocycles. The van der Waals surface area contributed by atoms with Gasteiger partial charge in [0, 0.05) is 12.6 Å². The Balaban J connectivity index is 1.90. The SMILES string of the molecule is CCOC1CC(NC(=O)c2cccc(C(=O)O)n2)C1. The van der Waals surface area contributed by atoms with Gasteiger partial charge in [-0.05, 0) is 31.9 Å². The Morgan fingerprint density at radius 2 is 2.11 bits per heavy atom. The first kappa shape index (κ1) is 13.5. The molecule has 2 N–H and O–H groups in total. The van der Waals surface area contributed by atoms with Gasteiger partial charge in [0.05, 0.1) is 6.10 Å². The van der Waals surface area contributed by atoms with Crippen molar-refractivity contribution in [1.29, 1.82) is 0 Å². The molecule has 1 saturated carbocycles. The Hall–Kier alpha value is -1.95. The molecule has 6 nitrogen and oxygen atoms in total. The van der Waals surface area contributed by atoms with Crippen molar-refractivity contribution < 1.29 is 19.4 Å². The van der Waals surface area contributed by atoms with E-state index in [9.17, 15) is 9.59 Å². The van der Waals surface area contributed by atoms with Gasteiger partial charge in [-0.25, -0.2) is 9.78 Å². The molecule has 0 radical (unpaired) electrons. The Labute approximate surface area is 110 Å². The third-order valence-corrected chi connectivity index (χ3v) is 3.03. The second-order valence-electron chi connectivity index (χ2n) is 4.43. The summed E-state index contributed by atoms with van der Waals surface area (Å²) in [5.41, 5.74) is -0.00629. The first-order chi connectivity index (χ1) is 9.10. The third-order valence-electron chi connectivity index (χ3n) is 3.03. The van der Waals surface area contributed by atoms with E-state index in [2.05, 4.69) is 10.3 Å². The molecule has 1 aliphatic rings. The number of nitrogens with one attached hydrogen (secondary N) is 1. The molecule has 0 aliphatic heterocycles. The molecule has 0 bridgehead atoms. The van der Waals surface area contributed by atoms with Crippen molar-refractivity contribution in [2.24, 2.45) is 0 Å². The maximum atomic E-state index is 11.9. The minimum absolute atomic E-state index is 0.0827. The molecule has 0 atom stereocenters. The van der Waals surface area contributed by atoms with Crippen LogP contribution in [0.4, 0.5) is 0 Å². The third kappa shape index (κ3) is 3.29. The summed E-state index contributed by atoms with van der Waals surface area (Å²) in [5, 5.41) is 11.6. The van der Waals surface area contributed by atoms with Crippen LogP contribution in [0.2, 0.25) is 0 Å². The lowest BCUT2D eigenvalue weighted by Crippen LogP contribution is -2.48. The van der Waals surface area contributed by atoms with E-state index in [4.69, 9.17) is 9.84 Å². The molecule has 102 valence electrons. The van der Waals surface area contributed by atoms with Gasteiger partial charge in [0.1, 0.15) is 11.4 Å². The molecule has 1 aromatic heterocycles. The molecule has 19 heavy (non-hydrogen) atoms. The lowest BCUT2D eigenvalue weighted by atomic mass is 9.89. The van der Waals surface area contributed by atoms with Gasteiger partial charge >= 0.3 is 5.97 Å². The maximum Gasteiger partial charge on any atom is 0.354 e. The van der Waals surface area contributed by atoms with E-state index >= 15 is 0 Å². The lowest BCUT2D eigenvalue weighted by molar-refractivity contribution is -0.00867. The highest BCUT2D eigenvalue weighted by molar-refractivity contribution is 5.94. The fourth-order valence-corrected chi connectivity index (χ4v) is 1.99. The van der Waals surface area contributed by atoms with Gasteiger partial charge in [-0.1, -0.05) is 6.07 Å². The van der Waals surface area contributed by atoms with Crippen LogP contribution in [0.25, 0.3) is 0 Å². The standard InChI is InChI=1S/C13H16N2O4/c1-2-19-9-6-8(7-9)14-12(16)10-4-3-5-11(15-10)13(17)18/h3-5,8-9H,2,6-7H2,1H3,(H,14,16)(H,17,18). The summed E-state index contributed by atoms with van der Waals surface area (Å²) in [7, 11) is 0. The minimum Gasteiger partial charge on any atom is -0.477 e. The smallest absolute Gasteiger partial charge is 0.354 e. The number of carboxylic acid groups (broad SMARTS) is 1. The van der Waals surface area contributed by atoms with Crippen LogP contribution in [0.15, 0.2) is 18.2 Å². The number of carbonyl (C=O) groups excluding carboxylic acids is 1. The highest BCUT2D eigenvalue weighted by atomic mass is 16.5. The number of aromatic carboxylic acids is 1. The summed E-state index contributed by atoms with van der Waals surface area (Å²) in [6.45, 7) is 2.61. The van der Waals surface area contributed by atoms with Crippen LogP contribution in [0.5, 0.6) is 0 Å². The van der Waals surface area contributed by atoms with Crippen molar-refractivity contribution in [2.45, 2.75) is 31.9 Å². The average molecular weight is 264 g/mol. The second-order valence-corrected chi connectivity index (χ2v) is 4.43. The number of rotatable bonds is 5. The van der Waals surface area contributed by atoms with Gasteiger partial charge in [0.25, 0.3) is 5.91 Å². The molecule has 0 unspecified atom stereocenters. The van der Waals surface area contributed by atoms with Crippen molar-refractivity contribution >= 4 is 11.9 Å². The zero-order valence-electron chi connectivity index (χ0n) is 10.6. The number of pyridine rings is 1. The minimum atomic E-state index is -1.14. The van der Waals surface area contributed by atoms with Crippen LogP contribution in [-0.2, 0) is 4.74 Å². The van der Waals surface area contributed by atoms with Crippen molar-refractivity contribution in [3.63, 3.8) is 0 Å². The molecule has 1 fully saturated rings. The number of carboxylic acids is 1. The fourth-order valence-electron chi connectivity index (χ4n) is 1.99. The van der Waals surface area contributed by atoms with E-state index < -0.39 is 5.97 Å². The Morgan fingerprint density at radius 3 is 2.74 bits per heavy atom. The van der Waals surface area contributed by atoms with E-state index in [1.165, 1.54) is 18.2 Å². The molecule has 0 spiro atoms. The van der Waals surface area contributed by atoms with Crippen LogP contribution >= 0.6 is 0 Å². The molecule has 1 aromatic rings. The lowest BCUT2D eigenvalue weighted by Gasteiger charge is -2.35. The number of aromatic nitrogens is 1. The van der Waals surface area contributed by atoms with Crippen LogP contribution in [-0.4, -0.2) is 40.7 Å². The number of ether oxygens (including phenoxy) is 1. The number of hydrogen-bond donors (Lipinski definition) is 2. The van der Waals surface area contributed by atoms with E-state index in [0.29, 0.717) is 6.61 Å². The van der Waals surface area contributed by atoms with E-state index in [1.54, 1.807) is 0 Å². The van der Waals surface area contributed by atoms with Gasteiger partial charge < -0.3 is 15.2 Å². The van der Waals surface area contributed by atoms with E-state index in [0.717, 1.165) is 12.8 Å². The van der Waals surface area contributed by atoms with E-state index in [1.807, 2.05) is 6.92 Å². The van der Waals surface area contributed by atoms with Crippen LogP contribution in [0.3, 0.4) is 0 Å². The molecule has 6 heteroatoms. The monoisotopic (exact) mass is 264 g/mol. The summed E-state index contributed by atoms with van der Waals surface area (Å²) in [5.74, 6) is -1.49. The Bertz CT molecular complexity index is 483. The van der Waals surface area contributed by atoms with Gasteiger partial charge in [-0.2, -0.15) is 0 Å². The van der Waals surface area contributed by atoms with E-state index in [-0.39, 0.29) is 29.4 Å². The van der Waals surface area contributed by atoms with Crippen LogP contribution in [0.1, 0.15) is 40.7 Å². The van der Waals surface area contributed by atoms with Crippen molar-refractivity contribution in [3.8, 4) is 0 Å². The summed E-state index contributed by atoms with van der Waals surface area (Å²) in [4.78, 5) is 26.4. The zero-order valence-corrected chi connectivity index (χ0v) is 10.6. The fraction of sp³-hybridized carbons (Fsp3) is 0.462. The Kier molecular flexibility index (Phi) is 4.11. The number of amides is 1. The first-order valence-electron chi connectivity index (χ1n) is 6.23. The molecule has 2 rings (SSSR count). The number of carbonyl (C=O) groups is 2. The molecule has 1 heterocycles. The second kappa shape index (κ2) is 5.79. The molecule has 1 aliphatic carbocycles. The first-order valence-corrected chi connectivity index (χ1v) is 6.23. The summed E-state index contributed by atoms with van der Waals surface area (Å²) in [6, 6.07) is 4.45. The normalized spacial score (nSPS) is 21.5. The average Bonchev–Trinajstić information content (AvgIpc) is 2.36. The predicted octanol–water partition coefficient (Wildman–Crippen LogP) is 1.08. The highest BCUT2D eigenvalue weighted by Gasteiger charge is 2.31. The Morgan fingerprint density at radius 1 is 1.42 bits per heavy atom. The number of hydrogen-bond acceptors (Lipinski definition) is 4. The topological polar surface area (TPSA) is 88.5 Å². The van der Waals surface area contributed by atoms with Crippen molar-refractivity contribution in [1.82, 2.24) is 10.3 Å². The summed E-state index contributed by atoms with van der Waals surface area (Å²) >= 11 is 0. The molecule has 1 amide bonds. The highest BCUT2D eigenvalue weighted by Crippen LogP contribution is 2.23. The maximum absolute atomic E-state index is 11.9. The zero-order chi connectivity index (χ0) is 13.8. The summed E-state index contributed by atoms with van der Waals surface area (Å²) in [6.07, 6.45) is 1.80. The summed E-state index contributed by atoms with van der Waals surface area (Å²) < 4.78 is 5.40. The van der Waals surface area contributed by atoms with Crippen LogP contribution < -0.4 is 5.32 Å². The van der Waals surface area contributed by atoms with Crippen LogP contribution in [0, 0.1) is 0 Å². The van der Waals surface area contributed by atoms with Gasteiger partial charge in [-0.15, -0.1) is 0 Å². The van der Waals surface area contributed by atoms with Gasteiger partial charge in [0.15, 0.2) is 0 Å².